The maximum atomic E-state index is 12.9. The molecule has 0 bridgehead atoms. The molecule has 0 saturated heterocycles. The Morgan fingerprint density at radius 1 is 1.03 bits per heavy atom. The molecule has 2 aromatic carbocycles. The molecule has 35 heavy (non-hydrogen) atoms. The number of sulfonamides is 1. The molecule has 10 nitrogen and oxygen atoms in total. The summed E-state index contributed by atoms with van der Waals surface area (Å²) in [6, 6.07) is 9.79. The van der Waals surface area contributed by atoms with E-state index >= 15 is 0 Å². The van der Waals surface area contributed by atoms with Gasteiger partial charge in [-0.3, -0.25) is 14.9 Å². The highest BCUT2D eigenvalue weighted by atomic mass is 32.2. The molecule has 192 valence electrons. The number of nitrogens with one attached hydrogen (secondary N) is 1. The quantitative estimate of drug-likeness (QED) is 0.212. The molecule has 2 rings (SSSR count). The fraction of sp³-hybridized carbons (Fsp3) is 0.435. The summed E-state index contributed by atoms with van der Waals surface area (Å²) in [6.07, 6.45) is -1.02. The number of carbonyl (C=O) groups excluding carboxylic acids is 1. The predicted molar refractivity (Wildman–Crippen MR) is 133 cm³/mol. The van der Waals surface area contributed by atoms with Gasteiger partial charge in [0.1, 0.15) is 17.9 Å². The number of nitro groups is 1. The number of hydrogen-bond donors (Lipinski definition) is 1. The van der Waals surface area contributed by atoms with E-state index in [0.717, 1.165) is 31.4 Å². The standard InChI is InChI=1S/C23H32N2O8SSi/c1-23(2,3)35(6,7)33-18-12-8-16(9-13-18)21(31-4)20(22(26)32-5)24-34(29,30)19-14-10-17(11-15-19)25(27)28/h8-15,20-21,24H,1-7H3/t20-,21-/m1/s1. The Bertz CT molecular complexity index is 1140. The number of rotatable bonds is 10. The summed E-state index contributed by atoms with van der Waals surface area (Å²) in [4.78, 5) is 22.5. The minimum absolute atomic E-state index is 0.00681. The van der Waals surface area contributed by atoms with E-state index in [2.05, 4.69) is 38.6 Å². The fourth-order valence-corrected chi connectivity index (χ4v) is 5.20. The summed E-state index contributed by atoms with van der Waals surface area (Å²) in [5.41, 5.74) is 0.264. The molecule has 2 atom stereocenters. The molecular weight excluding hydrogens is 492 g/mol. The zero-order chi connectivity index (χ0) is 26.6. The van der Waals surface area contributed by atoms with Crippen molar-refractivity contribution in [2.45, 2.75) is 55.9 Å². The Morgan fingerprint density at radius 3 is 2.00 bits per heavy atom. The number of ether oxygens (including phenoxy) is 2. The van der Waals surface area contributed by atoms with Gasteiger partial charge >= 0.3 is 5.97 Å². The van der Waals surface area contributed by atoms with Crippen LogP contribution in [-0.2, 0) is 24.3 Å². The Balaban J connectivity index is 2.34. The number of carbonyl (C=O) groups is 1. The van der Waals surface area contributed by atoms with Gasteiger partial charge in [-0.2, -0.15) is 4.72 Å². The Labute approximate surface area is 206 Å². The molecule has 0 aliphatic rings. The van der Waals surface area contributed by atoms with E-state index in [4.69, 9.17) is 13.9 Å². The minimum atomic E-state index is -4.24. The SMILES string of the molecule is COC(=O)[C@H](NS(=O)(=O)c1ccc([N+](=O)[O-])cc1)[C@H](OC)c1ccc(O[Si](C)(C)C(C)(C)C)cc1. The highest BCUT2D eigenvalue weighted by Gasteiger charge is 2.39. The average Bonchev–Trinajstić information content (AvgIpc) is 2.78. The van der Waals surface area contributed by atoms with Crippen LogP contribution < -0.4 is 9.15 Å². The van der Waals surface area contributed by atoms with Crippen LogP contribution in [0.4, 0.5) is 5.69 Å². The number of nitrogens with zero attached hydrogens (tertiary/aromatic N) is 1. The lowest BCUT2D eigenvalue weighted by Gasteiger charge is -2.36. The predicted octanol–water partition coefficient (Wildman–Crippen LogP) is 4.19. The molecule has 0 aliphatic heterocycles. The molecule has 1 N–H and O–H groups in total. The summed E-state index contributed by atoms with van der Waals surface area (Å²) in [5.74, 6) is -0.194. The van der Waals surface area contributed by atoms with E-state index in [1.807, 2.05) is 0 Å². The highest BCUT2D eigenvalue weighted by Crippen LogP contribution is 2.37. The first-order chi connectivity index (χ1) is 16.1. The van der Waals surface area contributed by atoms with Gasteiger partial charge in [0, 0.05) is 19.2 Å². The van der Waals surface area contributed by atoms with Gasteiger partial charge < -0.3 is 13.9 Å². The number of nitro benzene ring substituents is 1. The second-order valence-corrected chi connectivity index (χ2v) is 15.9. The second kappa shape index (κ2) is 10.9. The third-order valence-corrected chi connectivity index (χ3v) is 11.9. The van der Waals surface area contributed by atoms with Crippen molar-refractivity contribution in [1.82, 2.24) is 4.72 Å². The number of non-ortho nitro benzene ring substituents is 1. The van der Waals surface area contributed by atoms with Crippen LogP contribution in [0, 0.1) is 10.1 Å². The lowest BCUT2D eigenvalue weighted by molar-refractivity contribution is -0.384. The largest absolute Gasteiger partial charge is 0.544 e. The number of esters is 1. The van der Waals surface area contributed by atoms with Gasteiger partial charge in [0.2, 0.25) is 18.3 Å². The monoisotopic (exact) mass is 524 g/mol. The van der Waals surface area contributed by atoms with Gasteiger partial charge in [0.05, 0.1) is 16.9 Å². The Morgan fingerprint density at radius 2 is 1.57 bits per heavy atom. The van der Waals surface area contributed by atoms with Gasteiger partial charge in [-0.1, -0.05) is 32.9 Å². The molecule has 0 aliphatic carbocycles. The van der Waals surface area contributed by atoms with Crippen LogP contribution >= 0.6 is 0 Å². The Kier molecular flexibility index (Phi) is 8.82. The molecule has 0 aromatic heterocycles. The van der Waals surface area contributed by atoms with Crippen LogP contribution in [0.25, 0.3) is 0 Å². The first-order valence-electron chi connectivity index (χ1n) is 10.8. The molecule has 0 saturated carbocycles. The topological polar surface area (TPSA) is 134 Å². The normalized spacial score (nSPS) is 14.1. The van der Waals surface area contributed by atoms with Crippen molar-refractivity contribution in [3.8, 4) is 5.75 Å². The van der Waals surface area contributed by atoms with Crippen molar-refractivity contribution in [1.29, 1.82) is 0 Å². The van der Waals surface area contributed by atoms with E-state index < -0.39 is 41.4 Å². The zero-order valence-corrected chi connectivity index (χ0v) is 22.7. The van der Waals surface area contributed by atoms with Gasteiger partial charge in [0.25, 0.3) is 5.69 Å². The third kappa shape index (κ3) is 6.87. The molecule has 0 unspecified atom stereocenters. The first kappa shape index (κ1) is 28.4. The highest BCUT2D eigenvalue weighted by molar-refractivity contribution is 7.89. The van der Waals surface area contributed by atoms with Gasteiger partial charge in [0.15, 0.2) is 0 Å². The number of methoxy groups -OCH3 is 2. The molecular formula is C23H32N2O8SSi. The van der Waals surface area contributed by atoms with Crippen molar-refractivity contribution in [2.24, 2.45) is 0 Å². The second-order valence-electron chi connectivity index (χ2n) is 9.46. The van der Waals surface area contributed by atoms with E-state index in [1.54, 1.807) is 24.3 Å². The average molecular weight is 525 g/mol. The zero-order valence-electron chi connectivity index (χ0n) is 20.9. The van der Waals surface area contributed by atoms with Gasteiger partial charge in [-0.15, -0.1) is 0 Å². The van der Waals surface area contributed by atoms with E-state index in [-0.39, 0.29) is 15.6 Å². The molecule has 12 heteroatoms. The lowest BCUT2D eigenvalue weighted by Crippen LogP contribution is -2.46. The fourth-order valence-electron chi connectivity index (χ4n) is 2.98. The van der Waals surface area contributed by atoms with Crippen molar-refractivity contribution in [3.63, 3.8) is 0 Å². The van der Waals surface area contributed by atoms with E-state index in [0.29, 0.717) is 11.3 Å². The van der Waals surface area contributed by atoms with Crippen LogP contribution in [0.15, 0.2) is 53.4 Å². The summed E-state index contributed by atoms with van der Waals surface area (Å²) in [5, 5.41) is 10.9. The van der Waals surface area contributed by atoms with Gasteiger partial charge in [-0.05, 0) is 48.0 Å². The molecule has 2 aromatic rings. The third-order valence-electron chi connectivity index (χ3n) is 6.04. The van der Waals surface area contributed by atoms with Crippen LogP contribution in [0.1, 0.15) is 32.4 Å². The van der Waals surface area contributed by atoms with Crippen LogP contribution in [0.2, 0.25) is 18.1 Å². The smallest absolute Gasteiger partial charge is 0.326 e. The number of benzene rings is 2. The Hall–Kier alpha value is -2.80. The van der Waals surface area contributed by atoms with Crippen LogP contribution in [0.3, 0.4) is 0 Å². The van der Waals surface area contributed by atoms with Crippen molar-refractivity contribution < 1.29 is 32.0 Å². The van der Waals surface area contributed by atoms with E-state index in [1.165, 1.54) is 7.11 Å². The molecule has 0 radical (unpaired) electrons. The summed E-state index contributed by atoms with van der Waals surface area (Å²) in [7, 11) is -3.82. The van der Waals surface area contributed by atoms with E-state index in [9.17, 15) is 23.3 Å². The molecule has 0 spiro atoms. The maximum absolute atomic E-state index is 12.9. The minimum Gasteiger partial charge on any atom is -0.544 e. The molecule has 0 amide bonds. The van der Waals surface area contributed by atoms with Gasteiger partial charge in [-0.25, -0.2) is 8.42 Å². The maximum Gasteiger partial charge on any atom is 0.326 e. The van der Waals surface area contributed by atoms with Crippen molar-refractivity contribution in [2.75, 3.05) is 14.2 Å². The van der Waals surface area contributed by atoms with Crippen LogP contribution in [-0.4, -0.2) is 47.9 Å². The number of hydrogen-bond acceptors (Lipinski definition) is 8. The molecule has 0 heterocycles. The van der Waals surface area contributed by atoms with Crippen molar-refractivity contribution in [3.05, 3.63) is 64.2 Å². The summed E-state index contributed by atoms with van der Waals surface area (Å²) in [6.45, 7) is 10.6. The summed E-state index contributed by atoms with van der Waals surface area (Å²) < 4.78 is 44.8. The molecule has 0 fully saturated rings. The summed E-state index contributed by atoms with van der Waals surface area (Å²) >= 11 is 0. The first-order valence-corrected chi connectivity index (χ1v) is 15.2. The van der Waals surface area contributed by atoms with Crippen molar-refractivity contribution >= 4 is 30.0 Å². The lowest BCUT2D eigenvalue weighted by atomic mass is 10.0. The van der Waals surface area contributed by atoms with Crippen LogP contribution in [0.5, 0.6) is 5.75 Å².